The molecule has 3 rings (SSSR count). The average Bonchev–Trinajstić information content (AvgIpc) is 2.47. The van der Waals surface area contributed by atoms with Gasteiger partial charge in [0.15, 0.2) is 0 Å². The number of rotatable bonds is 4. The Labute approximate surface area is 129 Å². The molecular formula is C19H30N2. The Hall–Kier alpha value is -0.860. The highest BCUT2D eigenvalue weighted by molar-refractivity contribution is 5.25. The molecule has 0 bridgehead atoms. The van der Waals surface area contributed by atoms with Crippen molar-refractivity contribution in [3.8, 4) is 0 Å². The molecule has 1 aliphatic carbocycles. The van der Waals surface area contributed by atoms with E-state index in [0.717, 1.165) is 13.1 Å². The van der Waals surface area contributed by atoms with E-state index in [1.807, 2.05) is 0 Å². The van der Waals surface area contributed by atoms with Crippen molar-refractivity contribution in [3.63, 3.8) is 0 Å². The van der Waals surface area contributed by atoms with Gasteiger partial charge in [0.25, 0.3) is 0 Å². The zero-order valence-corrected chi connectivity index (χ0v) is 13.9. The zero-order chi connectivity index (χ0) is 14.9. The van der Waals surface area contributed by atoms with Crippen LogP contribution in [0.1, 0.15) is 52.0 Å². The Bertz CT molecular complexity index is 460. The van der Waals surface area contributed by atoms with Crippen LogP contribution in [0.5, 0.6) is 0 Å². The molecule has 1 aliphatic heterocycles. The SMILES string of the molecule is CCC1(CN2CC(C)(c3ccccc3)NCC2C)CCC1. The molecule has 116 valence electrons. The molecule has 2 unspecified atom stereocenters. The predicted octanol–water partition coefficient (Wildman–Crippen LogP) is 3.78. The number of benzene rings is 1. The quantitative estimate of drug-likeness (QED) is 0.906. The number of nitrogens with one attached hydrogen (secondary N) is 1. The lowest BCUT2D eigenvalue weighted by Crippen LogP contribution is -2.62. The highest BCUT2D eigenvalue weighted by Crippen LogP contribution is 2.45. The summed E-state index contributed by atoms with van der Waals surface area (Å²) in [6.07, 6.45) is 5.64. The molecule has 0 radical (unpaired) electrons. The molecule has 2 aliphatic rings. The van der Waals surface area contributed by atoms with Gasteiger partial charge in [-0.3, -0.25) is 4.90 Å². The summed E-state index contributed by atoms with van der Waals surface area (Å²) >= 11 is 0. The molecule has 1 heterocycles. The van der Waals surface area contributed by atoms with Gasteiger partial charge in [-0.05, 0) is 44.1 Å². The van der Waals surface area contributed by atoms with E-state index in [1.54, 1.807) is 0 Å². The van der Waals surface area contributed by atoms with E-state index >= 15 is 0 Å². The van der Waals surface area contributed by atoms with Gasteiger partial charge in [0.05, 0.1) is 5.54 Å². The minimum atomic E-state index is 0.0897. The van der Waals surface area contributed by atoms with Gasteiger partial charge in [0, 0.05) is 25.7 Å². The Balaban J connectivity index is 1.75. The maximum Gasteiger partial charge on any atom is 0.0535 e. The van der Waals surface area contributed by atoms with Crippen molar-refractivity contribution < 1.29 is 0 Å². The van der Waals surface area contributed by atoms with Crippen LogP contribution in [0.15, 0.2) is 30.3 Å². The molecule has 1 saturated carbocycles. The Morgan fingerprint density at radius 3 is 2.52 bits per heavy atom. The minimum absolute atomic E-state index is 0.0897. The molecule has 1 aromatic rings. The molecule has 0 amide bonds. The molecule has 2 nitrogen and oxygen atoms in total. The van der Waals surface area contributed by atoms with Crippen molar-refractivity contribution >= 4 is 0 Å². The third-order valence-corrected chi connectivity index (χ3v) is 6.04. The molecule has 1 N–H and O–H groups in total. The van der Waals surface area contributed by atoms with E-state index in [0.29, 0.717) is 11.5 Å². The van der Waals surface area contributed by atoms with Crippen LogP contribution in [0, 0.1) is 5.41 Å². The van der Waals surface area contributed by atoms with Crippen molar-refractivity contribution in [2.24, 2.45) is 5.41 Å². The third-order valence-electron chi connectivity index (χ3n) is 6.04. The van der Waals surface area contributed by atoms with Crippen molar-refractivity contribution in [3.05, 3.63) is 35.9 Å². The van der Waals surface area contributed by atoms with Crippen LogP contribution in [0.3, 0.4) is 0 Å². The van der Waals surface area contributed by atoms with Gasteiger partial charge in [-0.25, -0.2) is 0 Å². The van der Waals surface area contributed by atoms with Gasteiger partial charge >= 0.3 is 0 Å². The lowest BCUT2D eigenvalue weighted by Gasteiger charge is -2.51. The summed E-state index contributed by atoms with van der Waals surface area (Å²) in [6, 6.07) is 11.6. The minimum Gasteiger partial charge on any atom is -0.305 e. The molecule has 21 heavy (non-hydrogen) atoms. The molecule has 0 aromatic heterocycles. The second-order valence-corrected chi connectivity index (χ2v) is 7.54. The second kappa shape index (κ2) is 5.73. The smallest absolute Gasteiger partial charge is 0.0535 e. The molecule has 1 saturated heterocycles. The zero-order valence-electron chi connectivity index (χ0n) is 13.9. The third kappa shape index (κ3) is 2.89. The first-order valence-electron chi connectivity index (χ1n) is 8.62. The van der Waals surface area contributed by atoms with Gasteiger partial charge in [0.2, 0.25) is 0 Å². The van der Waals surface area contributed by atoms with Crippen LogP contribution in [0.4, 0.5) is 0 Å². The van der Waals surface area contributed by atoms with E-state index < -0.39 is 0 Å². The van der Waals surface area contributed by atoms with Gasteiger partial charge in [-0.2, -0.15) is 0 Å². The summed E-state index contributed by atoms with van der Waals surface area (Å²) < 4.78 is 0. The number of hydrogen-bond acceptors (Lipinski definition) is 2. The molecular weight excluding hydrogens is 256 g/mol. The van der Waals surface area contributed by atoms with Gasteiger partial charge in [-0.15, -0.1) is 0 Å². The molecule has 2 fully saturated rings. The predicted molar refractivity (Wildman–Crippen MR) is 89.4 cm³/mol. The Morgan fingerprint density at radius 1 is 1.24 bits per heavy atom. The van der Waals surface area contributed by atoms with Crippen LogP contribution in [-0.2, 0) is 5.54 Å². The van der Waals surface area contributed by atoms with Crippen molar-refractivity contribution in [2.75, 3.05) is 19.6 Å². The number of piperazine rings is 1. The fraction of sp³-hybridized carbons (Fsp3) is 0.684. The first-order valence-corrected chi connectivity index (χ1v) is 8.62. The first kappa shape index (κ1) is 15.1. The molecule has 1 aromatic carbocycles. The highest BCUT2D eigenvalue weighted by atomic mass is 15.3. The normalized spacial score (nSPS) is 32.6. The van der Waals surface area contributed by atoms with Gasteiger partial charge < -0.3 is 5.32 Å². The van der Waals surface area contributed by atoms with E-state index in [-0.39, 0.29) is 5.54 Å². The Kier molecular flexibility index (Phi) is 4.11. The van der Waals surface area contributed by atoms with Crippen molar-refractivity contribution in [2.45, 2.75) is 58.0 Å². The molecule has 2 atom stereocenters. The maximum absolute atomic E-state index is 3.79. The second-order valence-electron chi connectivity index (χ2n) is 7.54. The maximum atomic E-state index is 3.79. The fourth-order valence-electron chi connectivity index (χ4n) is 4.06. The van der Waals surface area contributed by atoms with Crippen LogP contribution >= 0.6 is 0 Å². The van der Waals surface area contributed by atoms with E-state index in [1.165, 1.54) is 37.8 Å². The standard InChI is InChI=1S/C19H30N2/c1-4-19(11-8-12-19)15-21-14-18(3,20-13-16(21)2)17-9-6-5-7-10-17/h5-7,9-10,16,20H,4,8,11-15H2,1-3H3. The highest BCUT2D eigenvalue weighted by Gasteiger charge is 2.41. The van der Waals surface area contributed by atoms with Gasteiger partial charge in [-0.1, -0.05) is 43.7 Å². The van der Waals surface area contributed by atoms with Gasteiger partial charge in [0.1, 0.15) is 0 Å². The summed E-state index contributed by atoms with van der Waals surface area (Å²) in [7, 11) is 0. The number of hydrogen-bond donors (Lipinski definition) is 1. The lowest BCUT2D eigenvalue weighted by atomic mass is 9.66. The summed E-state index contributed by atoms with van der Waals surface area (Å²) in [6.45, 7) is 10.6. The van der Waals surface area contributed by atoms with Crippen molar-refractivity contribution in [1.29, 1.82) is 0 Å². The molecule has 2 heteroatoms. The van der Waals surface area contributed by atoms with E-state index in [9.17, 15) is 0 Å². The summed E-state index contributed by atoms with van der Waals surface area (Å²) in [4.78, 5) is 2.74. The van der Waals surface area contributed by atoms with E-state index in [2.05, 4.69) is 61.3 Å². The molecule has 0 spiro atoms. The summed E-state index contributed by atoms with van der Waals surface area (Å²) in [5.41, 5.74) is 2.12. The monoisotopic (exact) mass is 286 g/mol. The Morgan fingerprint density at radius 2 is 1.95 bits per heavy atom. The number of nitrogens with zero attached hydrogens (tertiary/aromatic N) is 1. The van der Waals surface area contributed by atoms with E-state index in [4.69, 9.17) is 0 Å². The average molecular weight is 286 g/mol. The van der Waals surface area contributed by atoms with Crippen LogP contribution in [0.25, 0.3) is 0 Å². The fourth-order valence-corrected chi connectivity index (χ4v) is 4.06. The van der Waals surface area contributed by atoms with Crippen LogP contribution in [0.2, 0.25) is 0 Å². The first-order chi connectivity index (χ1) is 10.1. The van der Waals surface area contributed by atoms with Crippen LogP contribution < -0.4 is 5.32 Å². The lowest BCUT2D eigenvalue weighted by molar-refractivity contribution is 0.00827. The summed E-state index contributed by atoms with van der Waals surface area (Å²) in [5, 5.41) is 3.79. The summed E-state index contributed by atoms with van der Waals surface area (Å²) in [5.74, 6) is 0. The topological polar surface area (TPSA) is 15.3 Å². The largest absolute Gasteiger partial charge is 0.305 e. The van der Waals surface area contributed by atoms with Crippen molar-refractivity contribution in [1.82, 2.24) is 10.2 Å². The van der Waals surface area contributed by atoms with Crippen LogP contribution in [-0.4, -0.2) is 30.6 Å².